The molecule has 1 rings (SSSR count). The summed E-state index contributed by atoms with van der Waals surface area (Å²) in [5.74, 6) is 0.898. The summed E-state index contributed by atoms with van der Waals surface area (Å²) in [7, 11) is 0. The lowest BCUT2D eigenvalue weighted by molar-refractivity contribution is 0.114. The first-order chi connectivity index (χ1) is 8.57. The molecule has 0 radical (unpaired) electrons. The van der Waals surface area contributed by atoms with Gasteiger partial charge in [0.2, 0.25) is 0 Å². The van der Waals surface area contributed by atoms with Gasteiger partial charge in [-0.2, -0.15) is 11.8 Å². The fraction of sp³-hybridized carbons (Fsp3) is 0.923. The van der Waals surface area contributed by atoms with Crippen molar-refractivity contribution in [2.45, 2.75) is 44.5 Å². The van der Waals surface area contributed by atoms with Gasteiger partial charge in [-0.15, -0.1) is 0 Å². The summed E-state index contributed by atoms with van der Waals surface area (Å²) in [5.41, 5.74) is 0. The van der Waals surface area contributed by atoms with E-state index in [-0.39, 0.29) is 4.75 Å². The molecule has 2 N–H and O–H groups in total. The van der Waals surface area contributed by atoms with E-state index >= 15 is 0 Å². The average Bonchev–Trinajstić information content (AvgIpc) is 2.86. The number of guanidine groups is 1. The topological polar surface area (TPSA) is 45.7 Å². The van der Waals surface area contributed by atoms with Crippen LogP contribution in [0.4, 0.5) is 0 Å². The van der Waals surface area contributed by atoms with Crippen LogP contribution in [-0.4, -0.2) is 49.3 Å². The predicted molar refractivity (Wildman–Crippen MR) is 80.5 cm³/mol. The maximum absolute atomic E-state index is 5.60. The van der Waals surface area contributed by atoms with E-state index < -0.39 is 0 Å². The van der Waals surface area contributed by atoms with Gasteiger partial charge in [-0.05, 0) is 39.9 Å². The molecule has 1 unspecified atom stereocenters. The maximum Gasteiger partial charge on any atom is 0.191 e. The first kappa shape index (κ1) is 15.6. The third kappa shape index (κ3) is 5.96. The van der Waals surface area contributed by atoms with Crippen molar-refractivity contribution in [2.24, 2.45) is 4.99 Å². The number of ether oxygens (including phenoxy) is 1. The summed E-state index contributed by atoms with van der Waals surface area (Å²) in [6, 6.07) is 0. The largest absolute Gasteiger partial charge is 0.376 e. The van der Waals surface area contributed by atoms with E-state index in [1.807, 2.05) is 11.8 Å². The van der Waals surface area contributed by atoms with Crippen LogP contribution in [0, 0.1) is 0 Å². The van der Waals surface area contributed by atoms with Crippen LogP contribution in [0.25, 0.3) is 0 Å². The summed E-state index contributed by atoms with van der Waals surface area (Å²) in [5, 5.41) is 6.64. The van der Waals surface area contributed by atoms with E-state index in [1.165, 1.54) is 6.42 Å². The summed E-state index contributed by atoms with van der Waals surface area (Å²) < 4.78 is 5.79. The summed E-state index contributed by atoms with van der Waals surface area (Å²) in [6.07, 6.45) is 4.81. The molecular weight excluding hydrogens is 246 g/mol. The number of rotatable bonds is 6. The van der Waals surface area contributed by atoms with Crippen molar-refractivity contribution in [3.63, 3.8) is 0 Å². The predicted octanol–water partition coefficient (Wildman–Crippen LogP) is 1.86. The minimum atomic E-state index is 0.187. The SMILES string of the molecule is CCNC(=NCC(C)(C)SC)NCC1CCCO1. The van der Waals surface area contributed by atoms with E-state index in [4.69, 9.17) is 4.74 Å². The molecule has 1 atom stereocenters. The lowest BCUT2D eigenvalue weighted by Crippen LogP contribution is -2.41. The molecule has 1 saturated heterocycles. The van der Waals surface area contributed by atoms with Crippen LogP contribution in [0.5, 0.6) is 0 Å². The highest BCUT2D eigenvalue weighted by Gasteiger charge is 2.17. The van der Waals surface area contributed by atoms with Crippen molar-refractivity contribution in [1.82, 2.24) is 10.6 Å². The van der Waals surface area contributed by atoms with Crippen molar-refractivity contribution in [1.29, 1.82) is 0 Å². The molecule has 1 aliphatic rings. The number of nitrogens with one attached hydrogen (secondary N) is 2. The van der Waals surface area contributed by atoms with Crippen molar-refractivity contribution in [3.05, 3.63) is 0 Å². The van der Waals surface area contributed by atoms with Gasteiger partial charge < -0.3 is 15.4 Å². The number of thioether (sulfide) groups is 1. The van der Waals surface area contributed by atoms with E-state index in [1.54, 1.807) is 0 Å². The van der Waals surface area contributed by atoms with E-state index in [9.17, 15) is 0 Å². The van der Waals surface area contributed by atoms with Gasteiger partial charge in [-0.3, -0.25) is 4.99 Å². The van der Waals surface area contributed by atoms with Gasteiger partial charge in [0.05, 0.1) is 12.6 Å². The van der Waals surface area contributed by atoms with Crippen molar-refractivity contribution < 1.29 is 4.74 Å². The minimum Gasteiger partial charge on any atom is -0.376 e. The Balaban J connectivity index is 2.39. The lowest BCUT2D eigenvalue weighted by Gasteiger charge is -2.21. The Morgan fingerprint density at radius 3 is 2.78 bits per heavy atom. The third-order valence-corrected chi connectivity index (χ3v) is 4.27. The van der Waals surface area contributed by atoms with Gasteiger partial charge in [0, 0.05) is 24.4 Å². The first-order valence-electron chi connectivity index (χ1n) is 6.76. The van der Waals surface area contributed by atoms with Gasteiger partial charge in [0.25, 0.3) is 0 Å². The highest BCUT2D eigenvalue weighted by Crippen LogP contribution is 2.20. The second kappa shape index (κ2) is 7.89. The molecule has 0 spiro atoms. The highest BCUT2D eigenvalue weighted by atomic mass is 32.2. The number of aliphatic imine (C=N–C) groups is 1. The number of hydrogen-bond donors (Lipinski definition) is 2. The summed E-state index contributed by atoms with van der Waals surface area (Å²) >= 11 is 1.84. The smallest absolute Gasteiger partial charge is 0.191 e. The minimum absolute atomic E-state index is 0.187. The molecule has 4 nitrogen and oxygen atoms in total. The summed E-state index contributed by atoms with van der Waals surface area (Å²) in [4.78, 5) is 4.63. The number of hydrogen-bond acceptors (Lipinski definition) is 3. The Hall–Kier alpha value is -0.420. The molecule has 1 aliphatic heterocycles. The monoisotopic (exact) mass is 273 g/mol. The van der Waals surface area contributed by atoms with Gasteiger partial charge in [0.1, 0.15) is 0 Å². The van der Waals surface area contributed by atoms with Crippen LogP contribution in [-0.2, 0) is 4.74 Å². The molecule has 0 aromatic heterocycles. The quantitative estimate of drug-likeness (QED) is 0.573. The molecule has 5 heteroatoms. The van der Waals surface area contributed by atoms with Crippen molar-refractivity contribution in [2.75, 3.05) is 32.5 Å². The fourth-order valence-electron chi connectivity index (χ4n) is 1.69. The third-order valence-electron chi connectivity index (χ3n) is 3.04. The van der Waals surface area contributed by atoms with Crippen molar-refractivity contribution >= 4 is 17.7 Å². The maximum atomic E-state index is 5.60. The average molecular weight is 273 g/mol. The van der Waals surface area contributed by atoms with Gasteiger partial charge in [0.15, 0.2) is 5.96 Å². The van der Waals surface area contributed by atoms with Crippen molar-refractivity contribution in [3.8, 4) is 0 Å². The Bertz CT molecular complexity index is 263. The van der Waals surface area contributed by atoms with E-state index in [0.29, 0.717) is 6.10 Å². The lowest BCUT2D eigenvalue weighted by atomic mass is 10.2. The van der Waals surface area contributed by atoms with Crippen LogP contribution in [0.3, 0.4) is 0 Å². The zero-order valence-corrected chi connectivity index (χ0v) is 12.9. The molecule has 0 aromatic carbocycles. The fourth-order valence-corrected chi connectivity index (χ4v) is 1.89. The number of nitrogens with zero attached hydrogens (tertiary/aromatic N) is 1. The molecule has 0 aromatic rings. The molecule has 0 aliphatic carbocycles. The van der Waals surface area contributed by atoms with Gasteiger partial charge >= 0.3 is 0 Å². The second-order valence-electron chi connectivity index (χ2n) is 5.17. The van der Waals surface area contributed by atoms with Crippen LogP contribution in [0.1, 0.15) is 33.6 Å². The zero-order chi connectivity index (χ0) is 13.4. The second-order valence-corrected chi connectivity index (χ2v) is 6.69. The van der Waals surface area contributed by atoms with E-state index in [0.717, 1.165) is 38.6 Å². The standard InChI is InChI=1S/C13H27N3OS/c1-5-14-12(16-10-13(2,3)18-4)15-9-11-7-6-8-17-11/h11H,5-10H2,1-4H3,(H2,14,15,16). The first-order valence-corrected chi connectivity index (χ1v) is 7.99. The zero-order valence-electron chi connectivity index (χ0n) is 12.1. The molecule has 106 valence electrons. The van der Waals surface area contributed by atoms with E-state index in [2.05, 4.69) is 42.7 Å². The Kier molecular flexibility index (Phi) is 6.86. The molecule has 18 heavy (non-hydrogen) atoms. The Labute approximate surface area is 115 Å². The highest BCUT2D eigenvalue weighted by molar-refractivity contribution is 7.99. The van der Waals surface area contributed by atoms with Gasteiger partial charge in [-0.1, -0.05) is 0 Å². The van der Waals surface area contributed by atoms with Gasteiger partial charge in [-0.25, -0.2) is 0 Å². The molecular formula is C13H27N3OS. The van der Waals surface area contributed by atoms with Crippen LogP contribution in [0.15, 0.2) is 4.99 Å². The Morgan fingerprint density at radius 1 is 1.44 bits per heavy atom. The molecule has 0 saturated carbocycles. The van der Waals surface area contributed by atoms with Crippen LogP contribution < -0.4 is 10.6 Å². The molecule has 1 heterocycles. The molecule has 1 fully saturated rings. The molecule has 0 amide bonds. The summed E-state index contributed by atoms with van der Waals surface area (Å²) in [6.45, 7) is 9.97. The Morgan fingerprint density at radius 2 is 2.22 bits per heavy atom. The van der Waals surface area contributed by atoms with Crippen LogP contribution in [0.2, 0.25) is 0 Å². The normalized spacial score (nSPS) is 21.1. The van der Waals surface area contributed by atoms with Crippen LogP contribution >= 0.6 is 11.8 Å². The molecule has 0 bridgehead atoms.